The third-order valence-electron chi connectivity index (χ3n) is 2.49. The lowest BCUT2D eigenvalue weighted by Gasteiger charge is -2.18. The van der Waals surface area contributed by atoms with Crippen LogP contribution in [-0.4, -0.2) is 46.7 Å². The zero-order valence-corrected chi connectivity index (χ0v) is 11.5. The van der Waals surface area contributed by atoms with E-state index in [0.29, 0.717) is 12.3 Å². The molecule has 0 aliphatic heterocycles. The van der Waals surface area contributed by atoms with Crippen molar-refractivity contribution in [1.82, 2.24) is 10.6 Å². The van der Waals surface area contributed by atoms with Gasteiger partial charge in [-0.05, 0) is 19.3 Å². The Morgan fingerprint density at radius 3 is 2.21 bits per heavy atom. The molecule has 0 saturated carbocycles. The molecule has 1 unspecified atom stereocenters. The van der Waals surface area contributed by atoms with Crippen LogP contribution in [0.4, 0.5) is 0 Å². The molecule has 19 heavy (non-hydrogen) atoms. The molecule has 0 aromatic rings. The zero-order chi connectivity index (χ0) is 15.1. The fraction of sp³-hybridized carbons (Fsp3) is 0.750. The highest BCUT2D eigenvalue weighted by molar-refractivity contribution is 5.85. The van der Waals surface area contributed by atoms with Gasteiger partial charge < -0.3 is 20.8 Å². The molecule has 7 nitrogen and oxygen atoms in total. The summed E-state index contributed by atoms with van der Waals surface area (Å²) >= 11 is 0. The van der Waals surface area contributed by atoms with Crippen LogP contribution in [0.25, 0.3) is 0 Å². The number of carboxylic acid groups (broad SMARTS) is 1. The minimum absolute atomic E-state index is 0.228. The van der Waals surface area contributed by atoms with Gasteiger partial charge in [-0.15, -0.1) is 0 Å². The molecule has 0 spiro atoms. The van der Waals surface area contributed by atoms with Crippen molar-refractivity contribution in [2.75, 3.05) is 13.1 Å². The van der Waals surface area contributed by atoms with Gasteiger partial charge in [0.2, 0.25) is 11.8 Å². The Bertz CT molecular complexity index is 339. The predicted octanol–water partition coefficient (Wildman–Crippen LogP) is -0.509. The average molecular weight is 274 g/mol. The Hall–Kier alpha value is -1.63. The highest BCUT2D eigenvalue weighted by Crippen LogP contribution is 2.02. The summed E-state index contributed by atoms with van der Waals surface area (Å²) in [7, 11) is 0. The fourth-order valence-corrected chi connectivity index (χ4v) is 1.10. The molecule has 0 aliphatic carbocycles. The second-order valence-electron chi connectivity index (χ2n) is 5.06. The van der Waals surface area contributed by atoms with Crippen LogP contribution >= 0.6 is 0 Å². The first-order valence-corrected chi connectivity index (χ1v) is 6.14. The number of carbonyl (C=O) groups excluding carboxylic acids is 2. The Labute approximate surface area is 112 Å². The molecule has 0 aromatic heterocycles. The predicted molar refractivity (Wildman–Crippen MR) is 68.4 cm³/mol. The Morgan fingerprint density at radius 1 is 1.16 bits per heavy atom. The highest BCUT2D eigenvalue weighted by atomic mass is 16.4. The van der Waals surface area contributed by atoms with Crippen molar-refractivity contribution in [3.8, 4) is 0 Å². The number of aliphatic hydroxyl groups is 1. The van der Waals surface area contributed by atoms with E-state index in [2.05, 4.69) is 10.6 Å². The van der Waals surface area contributed by atoms with Gasteiger partial charge in [-0.2, -0.15) is 0 Å². The van der Waals surface area contributed by atoms with E-state index < -0.39 is 24.0 Å². The number of amides is 2. The molecule has 0 radical (unpaired) electrons. The quantitative estimate of drug-likeness (QED) is 0.476. The van der Waals surface area contributed by atoms with Crippen LogP contribution in [0.1, 0.15) is 33.6 Å². The second kappa shape index (κ2) is 7.73. The number of rotatable bonds is 8. The van der Waals surface area contributed by atoms with Crippen LogP contribution in [0.15, 0.2) is 0 Å². The van der Waals surface area contributed by atoms with Crippen molar-refractivity contribution in [1.29, 1.82) is 0 Å². The summed E-state index contributed by atoms with van der Waals surface area (Å²) in [6, 6.07) is 0. The van der Waals surface area contributed by atoms with Crippen molar-refractivity contribution in [3.63, 3.8) is 0 Å². The van der Waals surface area contributed by atoms with E-state index >= 15 is 0 Å². The van der Waals surface area contributed by atoms with E-state index in [4.69, 9.17) is 5.11 Å². The minimum atomic E-state index is -2.02. The second-order valence-corrected chi connectivity index (χ2v) is 5.06. The SMILES string of the molecule is CC(C)CCC(=O)NCC(=O)NCC(C)(O)C(=O)O. The van der Waals surface area contributed by atoms with Gasteiger partial charge in [-0.25, -0.2) is 4.79 Å². The highest BCUT2D eigenvalue weighted by Gasteiger charge is 2.30. The van der Waals surface area contributed by atoms with Crippen LogP contribution in [0.5, 0.6) is 0 Å². The first kappa shape index (κ1) is 17.4. The molecule has 110 valence electrons. The van der Waals surface area contributed by atoms with E-state index in [1.54, 1.807) is 0 Å². The van der Waals surface area contributed by atoms with Crippen LogP contribution in [0, 0.1) is 5.92 Å². The lowest BCUT2D eigenvalue weighted by molar-refractivity contribution is -0.156. The van der Waals surface area contributed by atoms with Gasteiger partial charge in [0.05, 0.1) is 13.1 Å². The molecule has 0 aromatic carbocycles. The van der Waals surface area contributed by atoms with E-state index in [1.807, 2.05) is 13.8 Å². The molecular weight excluding hydrogens is 252 g/mol. The van der Waals surface area contributed by atoms with E-state index in [1.165, 1.54) is 0 Å². The topological polar surface area (TPSA) is 116 Å². The smallest absolute Gasteiger partial charge is 0.337 e. The van der Waals surface area contributed by atoms with Gasteiger partial charge >= 0.3 is 5.97 Å². The van der Waals surface area contributed by atoms with Gasteiger partial charge in [-0.1, -0.05) is 13.8 Å². The van der Waals surface area contributed by atoms with Crippen LogP contribution < -0.4 is 10.6 Å². The molecule has 0 rings (SSSR count). The van der Waals surface area contributed by atoms with Crippen LogP contribution in [0.2, 0.25) is 0 Å². The maximum absolute atomic E-state index is 11.3. The zero-order valence-electron chi connectivity index (χ0n) is 11.5. The molecule has 4 N–H and O–H groups in total. The van der Waals surface area contributed by atoms with Crippen LogP contribution in [0.3, 0.4) is 0 Å². The molecule has 1 atom stereocenters. The number of carbonyl (C=O) groups is 3. The van der Waals surface area contributed by atoms with Gasteiger partial charge in [0.15, 0.2) is 5.60 Å². The molecule has 0 aliphatic rings. The van der Waals surface area contributed by atoms with E-state index in [9.17, 15) is 19.5 Å². The largest absolute Gasteiger partial charge is 0.479 e. The Balaban J connectivity index is 3.88. The van der Waals surface area contributed by atoms with Gasteiger partial charge in [-0.3, -0.25) is 9.59 Å². The molecule has 0 heterocycles. The third-order valence-corrected chi connectivity index (χ3v) is 2.49. The first-order valence-electron chi connectivity index (χ1n) is 6.14. The van der Waals surface area contributed by atoms with Gasteiger partial charge in [0.1, 0.15) is 0 Å². The fourth-order valence-electron chi connectivity index (χ4n) is 1.10. The summed E-state index contributed by atoms with van der Waals surface area (Å²) in [4.78, 5) is 33.2. The summed E-state index contributed by atoms with van der Waals surface area (Å²) in [6.45, 7) is 4.43. The number of carboxylic acids is 1. The first-order chi connectivity index (χ1) is 8.65. The normalized spacial score (nSPS) is 13.7. The van der Waals surface area contributed by atoms with E-state index in [0.717, 1.165) is 13.3 Å². The molecule has 7 heteroatoms. The number of nitrogens with one attached hydrogen (secondary N) is 2. The number of hydrogen-bond donors (Lipinski definition) is 4. The lowest BCUT2D eigenvalue weighted by Crippen LogP contribution is -2.48. The summed E-state index contributed by atoms with van der Waals surface area (Å²) in [5.41, 5.74) is -2.02. The summed E-state index contributed by atoms with van der Waals surface area (Å²) < 4.78 is 0. The minimum Gasteiger partial charge on any atom is -0.479 e. The average Bonchev–Trinajstić information content (AvgIpc) is 2.31. The summed E-state index contributed by atoms with van der Waals surface area (Å²) in [5.74, 6) is -1.78. The van der Waals surface area contributed by atoms with Gasteiger partial charge in [0.25, 0.3) is 0 Å². The van der Waals surface area contributed by atoms with Crippen molar-refractivity contribution in [2.45, 2.75) is 39.2 Å². The van der Waals surface area contributed by atoms with Crippen molar-refractivity contribution < 1.29 is 24.6 Å². The molecule has 0 saturated heterocycles. The summed E-state index contributed by atoms with van der Waals surface area (Å²) in [5, 5.41) is 22.6. The Kier molecular flexibility index (Phi) is 7.06. The monoisotopic (exact) mass is 274 g/mol. The van der Waals surface area contributed by atoms with E-state index in [-0.39, 0.29) is 12.5 Å². The van der Waals surface area contributed by atoms with Crippen molar-refractivity contribution >= 4 is 17.8 Å². The number of hydrogen-bond acceptors (Lipinski definition) is 4. The van der Waals surface area contributed by atoms with Crippen LogP contribution in [-0.2, 0) is 14.4 Å². The third kappa shape index (κ3) is 8.15. The molecule has 0 bridgehead atoms. The van der Waals surface area contributed by atoms with Crippen molar-refractivity contribution in [3.05, 3.63) is 0 Å². The Morgan fingerprint density at radius 2 is 1.74 bits per heavy atom. The number of aliphatic carboxylic acids is 1. The standard InChI is InChI=1S/C12H22N2O5/c1-8(2)4-5-9(15)13-6-10(16)14-7-12(3,19)11(17)18/h8,19H,4-7H2,1-3H3,(H,13,15)(H,14,16)(H,17,18). The molecular formula is C12H22N2O5. The molecule has 0 fully saturated rings. The maximum Gasteiger partial charge on any atom is 0.337 e. The maximum atomic E-state index is 11.3. The van der Waals surface area contributed by atoms with Crippen molar-refractivity contribution in [2.24, 2.45) is 5.92 Å². The summed E-state index contributed by atoms with van der Waals surface area (Å²) in [6.07, 6.45) is 1.08. The molecule has 2 amide bonds. The lowest BCUT2D eigenvalue weighted by atomic mass is 10.1. The van der Waals surface area contributed by atoms with Gasteiger partial charge in [0, 0.05) is 6.42 Å².